The normalized spacial score (nSPS) is 12.1. The van der Waals surface area contributed by atoms with Gasteiger partial charge in [-0.15, -0.1) is 0 Å². The van der Waals surface area contributed by atoms with E-state index in [0.717, 1.165) is 34.8 Å². The minimum atomic E-state index is -0.203. The van der Waals surface area contributed by atoms with Crippen LogP contribution in [-0.4, -0.2) is 22.8 Å². The number of amides is 1. The fourth-order valence-electron chi connectivity index (χ4n) is 3.89. The lowest BCUT2D eigenvalue weighted by Crippen LogP contribution is -2.29. The molecule has 1 N–H and O–H groups in total. The molecule has 0 aliphatic carbocycles. The van der Waals surface area contributed by atoms with E-state index in [0.29, 0.717) is 18.8 Å². The minimum absolute atomic E-state index is 0.0279. The van der Waals surface area contributed by atoms with Gasteiger partial charge in [-0.25, -0.2) is 0 Å². The smallest absolute Gasteiger partial charge is 0.221 e. The Balaban J connectivity index is 1.73. The van der Waals surface area contributed by atoms with Crippen molar-refractivity contribution in [3.63, 3.8) is 0 Å². The Morgan fingerprint density at radius 2 is 1.68 bits per heavy atom. The van der Waals surface area contributed by atoms with E-state index < -0.39 is 0 Å². The lowest BCUT2D eigenvalue weighted by molar-refractivity contribution is -0.121. The van der Waals surface area contributed by atoms with E-state index in [1.54, 1.807) is 7.11 Å². The third-order valence-electron chi connectivity index (χ3n) is 5.56. The van der Waals surface area contributed by atoms with E-state index in [9.17, 15) is 4.79 Å². The van der Waals surface area contributed by atoms with Crippen molar-refractivity contribution in [1.29, 1.82) is 0 Å². The Morgan fingerprint density at radius 3 is 2.29 bits per heavy atom. The highest BCUT2D eigenvalue weighted by Gasteiger charge is 2.19. The summed E-state index contributed by atoms with van der Waals surface area (Å²) in [6.07, 6.45) is 1.11. The van der Waals surface area contributed by atoms with Crippen LogP contribution in [0.15, 0.2) is 54.6 Å². The van der Waals surface area contributed by atoms with Crippen LogP contribution in [0.3, 0.4) is 0 Å². The van der Waals surface area contributed by atoms with Gasteiger partial charge >= 0.3 is 0 Å². The predicted octanol–water partition coefficient (Wildman–Crippen LogP) is 5.00. The van der Waals surface area contributed by atoms with Crippen LogP contribution in [0.1, 0.15) is 54.4 Å². The molecular weight excluding hydrogens is 386 g/mol. The monoisotopic (exact) mass is 419 g/mol. The highest BCUT2D eigenvalue weighted by molar-refractivity contribution is 5.77. The molecule has 0 spiro atoms. The highest BCUT2D eigenvalue weighted by atomic mass is 16.5. The highest BCUT2D eigenvalue weighted by Crippen LogP contribution is 2.25. The number of nitrogens with zero attached hydrogens (tertiary/aromatic N) is 2. The third kappa shape index (κ3) is 5.75. The van der Waals surface area contributed by atoms with Gasteiger partial charge in [-0.05, 0) is 55.0 Å². The molecule has 5 heteroatoms. The van der Waals surface area contributed by atoms with Crippen molar-refractivity contribution < 1.29 is 9.53 Å². The van der Waals surface area contributed by atoms with Crippen molar-refractivity contribution in [3.8, 4) is 5.75 Å². The first-order valence-corrected chi connectivity index (χ1v) is 10.9. The summed E-state index contributed by atoms with van der Waals surface area (Å²) in [6, 6.07) is 17.7. The molecule has 1 unspecified atom stereocenters. The molecule has 1 aromatic heterocycles. The molecule has 164 valence electrons. The van der Waals surface area contributed by atoms with Gasteiger partial charge in [0.2, 0.25) is 5.91 Å². The Kier molecular flexibility index (Phi) is 7.50. The fraction of sp³-hybridized carbons (Fsp3) is 0.385. The summed E-state index contributed by atoms with van der Waals surface area (Å²) in [5.74, 6) is 1.36. The first-order chi connectivity index (χ1) is 14.9. The van der Waals surface area contributed by atoms with Crippen LogP contribution in [0.5, 0.6) is 5.75 Å². The zero-order valence-electron chi connectivity index (χ0n) is 19.2. The second-order valence-corrected chi connectivity index (χ2v) is 8.41. The maximum absolute atomic E-state index is 12.9. The van der Waals surface area contributed by atoms with Crippen LogP contribution >= 0.6 is 0 Å². The zero-order chi connectivity index (χ0) is 22.4. The predicted molar refractivity (Wildman–Crippen MR) is 124 cm³/mol. The number of methoxy groups -OCH3 is 1. The van der Waals surface area contributed by atoms with Crippen molar-refractivity contribution in [3.05, 3.63) is 82.7 Å². The quantitative estimate of drug-likeness (QED) is 0.531. The number of rotatable bonds is 9. The topological polar surface area (TPSA) is 56.1 Å². The fourth-order valence-corrected chi connectivity index (χ4v) is 3.89. The van der Waals surface area contributed by atoms with Crippen LogP contribution in [0.2, 0.25) is 0 Å². The molecule has 0 fully saturated rings. The standard InChI is InChI=1S/C26H33N3O2/c1-18(2)17-29-20(4)24(19(3)28-29)15-16-25(30)27-26(21-9-7-6-8-10-21)22-11-13-23(31-5)14-12-22/h6-14,18,26H,15-17H2,1-5H3,(H,27,30). The number of carbonyl (C=O) groups excluding carboxylic acids is 1. The van der Waals surface area contributed by atoms with E-state index >= 15 is 0 Å². The van der Waals surface area contributed by atoms with Gasteiger partial charge in [-0.2, -0.15) is 5.10 Å². The van der Waals surface area contributed by atoms with Gasteiger partial charge in [0.15, 0.2) is 0 Å². The molecule has 0 saturated heterocycles. The first-order valence-electron chi connectivity index (χ1n) is 10.9. The van der Waals surface area contributed by atoms with Crippen molar-refractivity contribution in [1.82, 2.24) is 15.1 Å². The lowest BCUT2D eigenvalue weighted by atomic mass is 9.98. The molecule has 3 rings (SSSR count). The molecule has 2 aromatic carbocycles. The molecule has 1 heterocycles. The van der Waals surface area contributed by atoms with Gasteiger partial charge < -0.3 is 10.1 Å². The maximum atomic E-state index is 12.9. The molecule has 3 aromatic rings. The number of benzene rings is 2. The van der Waals surface area contributed by atoms with Crippen LogP contribution in [-0.2, 0) is 17.8 Å². The van der Waals surface area contributed by atoms with Gasteiger partial charge in [-0.3, -0.25) is 9.48 Å². The molecule has 0 aliphatic heterocycles. The maximum Gasteiger partial charge on any atom is 0.221 e. The van der Waals surface area contributed by atoms with E-state index in [4.69, 9.17) is 4.74 Å². The number of aryl methyl sites for hydroxylation is 1. The summed E-state index contributed by atoms with van der Waals surface area (Å²) in [5, 5.41) is 7.90. The number of ether oxygens (including phenoxy) is 1. The SMILES string of the molecule is COc1ccc(C(NC(=O)CCc2c(C)nn(CC(C)C)c2C)c2ccccc2)cc1. The molecule has 31 heavy (non-hydrogen) atoms. The average molecular weight is 420 g/mol. The third-order valence-corrected chi connectivity index (χ3v) is 5.56. The van der Waals surface area contributed by atoms with Crippen LogP contribution in [0.4, 0.5) is 0 Å². The zero-order valence-corrected chi connectivity index (χ0v) is 19.2. The largest absolute Gasteiger partial charge is 0.497 e. The van der Waals surface area contributed by atoms with Gasteiger partial charge in [0.1, 0.15) is 5.75 Å². The summed E-state index contributed by atoms with van der Waals surface area (Å²) in [5.41, 5.74) is 5.43. The van der Waals surface area contributed by atoms with E-state index in [1.165, 1.54) is 5.56 Å². The van der Waals surface area contributed by atoms with Crippen molar-refractivity contribution in [2.75, 3.05) is 7.11 Å². The minimum Gasteiger partial charge on any atom is -0.497 e. The molecule has 1 amide bonds. The molecule has 0 radical (unpaired) electrons. The number of nitrogens with one attached hydrogen (secondary N) is 1. The van der Waals surface area contributed by atoms with E-state index in [-0.39, 0.29) is 11.9 Å². The Bertz CT molecular complexity index is 991. The Morgan fingerprint density at radius 1 is 1.03 bits per heavy atom. The second-order valence-electron chi connectivity index (χ2n) is 8.41. The molecule has 5 nitrogen and oxygen atoms in total. The number of hydrogen-bond donors (Lipinski definition) is 1. The van der Waals surface area contributed by atoms with E-state index in [2.05, 4.69) is 35.9 Å². The molecule has 0 bridgehead atoms. The molecule has 0 saturated carbocycles. The number of aromatic nitrogens is 2. The summed E-state index contributed by atoms with van der Waals surface area (Å²) >= 11 is 0. The van der Waals surface area contributed by atoms with Gasteiger partial charge in [0, 0.05) is 18.7 Å². The van der Waals surface area contributed by atoms with Crippen LogP contribution in [0, 0.1) is 19.8 Å². The first kappa shape index (κ1) is 22.6. The van der Waals surface area contributed by atoms with Crippen molar-refractivity contribution in [2.24, 2.45) is 5.92 Å². The van der Waals surface area contributed by atoms with Crippen LogP contribution < -0.4 is 10.1 Å². The van der Waals surface area contributed by atoms with Gasteiger partial charge in [0.25, 0.3) is 0 Å². The number of carbonyl (C=O) groups is 1. The lowest BCUT2D eigenvalue weighted by Gasteiger charge is -2.20. The molecule has 1 atom stereocenters. The molecule has 0 aliphatic rings. The summed E-state index contributed by atoms with van der Waals surface area (Å²) < 4.78 is 7.34. The van der Waals surface area contributed by atoms with E-state index in [1.807, 2.05) is 61.5 Å². The summed E-state index contributed by atoms with van der Waals surface area (Å²) in [6.45, 7) is 9.40. The average Bonchev–Trinajstić information content (AvgIpc) is 3.03. The second kappa shape index (κ2) is 10.3. The Hall–Kier alpha value is -3.08. The van der Waals surface area contributed by atoms with Crippen molar-refractivity contribution in [2.45, 2.75) is 53.1 Å². The van der Waals surface area contributed by atoms with Crippen molar-refractivity contribution >= 4 is 5.91 Å². The van der Waals surface area contributed by atoms with Crippen LogP contribution in [0.25, 0.3) is 0 Å². The summed E-state index contributed by atoms with van der Waals surface area (Å²) in [4.78, 5) is 12.9. The Labute approximate surface area is 185 Å². The molecular formula is C26H33N3O2. The summed E-state index contributed by atoms with van der Waals surface area (Å²) in [7, 11) is 1.65. The van der Waals surface area contributed by atoms with Gasteiger partial charge in [0.05, 0.1) is 18.8 Å². The van der Waals surface area contributed by atoms with Gasteiger partial charge in [-0.1, -0.05) is 56.3 Å². The number of hydrogen-bond acceptors (Lipinski definition) is 3.